The normalized spacial score (nSPS) is 24.8. The van der Waals surface area contributed by atoms with Gasteiger partial charge in [-0.2, -0.15) is 0 Å². The molecule has 1 heterocycles. The molecule has 1 rings (SSSR count). The van der Waals surface area contributed by atoms with E-state index in [1.54, 1.807) is 0 Å². The van der Waals surface area contributed by atoms with Gasteiger partial charge in [-0.15, -0.1) is 0 Å². The van der Waals surface area contributed by atoms with E-state index >= 15 is 0 Å². The minimum absolute atomic E-state index is 0.00797. The molecule has 0 aromatic carbocycles. The lowest BCUT2D eigenvalue weighted by molar-refractivity contribution is -0.148. The number of hydrogen-bond donors (Lipinski definition) is 0. The van der Waals surface area contributed by atoms with Crippen molar-refractivity contribution in [3.63, 3.8) is 0 Å². The van der Waals surface area contributed by atoms with Crippen LogP contribution in [-0.4, -0.2) is 12.1 Å². The summed E-state index contributed by atoms with van der Waals surface area (Å²) in [6.07, 6.45) is 7.52. The second-order valence-electron chi connectivity index (χ2n) is 3.50. The molecule has 0 spiro atoms. The fraction of sp³-hybridized carbons (Fsp3) is 0.900. The van der Waals surface area contributed by atoms with Gasteiger partial charge in [0.15, 0.2) is 0 Å². The summed E-state index contributed by atoms with van der Waals surface area (Å²) in [5, 5.41) is 0. The Hall–Kier alpha value is -0.530. The maximum atomic E-state index is 11.0. The molecule has 1 atom stereocenters. The Morgan fingerprint density at radius 3 is 3.08 bits per heavy atom. The van der Waals surface area contributed by atoms with Crippen molar-refractivity contribution in [2.75, 3.05) is 0 Å². The van der Waals surface area contributed by atoms with Crippen LogP contribution in [0.5, 0.6) is 0 Å². The highest BCUT2D eigenvalue weighted by molar-refractivity contribution is 5.69. The van der Waals surface area contributed by atoms with Crippen LogP contribution in [0.25, 0.3) is 0 Å². The lowest BCUT2D eigenvalue weighted by Crippen LogP contribution is -2.14. The third-order valence-electron chi connectivity index (χ3n) is 2.33. The first kappa shape index (κ1) is 9.56. The van der Waals surface area contributed by atoms with Gasteiger partial charge in [-0.1, -0.05) is 19.8 Å². The SMILES string of the molecule is CCCCC1CCCCC(=O)O1. The molecule has 70 valence electrons. The number of ether oxygens (including phenoxy) is 1. The monoisotopic (exact) mass is 170 g/mol. The summed E-state index contributed by atoms with van der Waals surface area (Å²) >= 11 is 0. The van der Waals surface area contributed by atoms with E-state index in [-0.39, 0.29) is 12.1 Å². The summed E-state index contributed by atoms with van der Waals surface area (Å²) in [7, 11) is 0. The van der Waals surface area contributed by atoms with Crippen LogP contribution in [0.1, 0.15) is 51.9 Å². The van der Waals surface area contributed by atoms with Gasteiger partial charge in [0.25, 0.3) is 0 Å². The van der Waals surface area contributed by atoms with Gasteiger partial charge in [0.2, 0.25) is 0 Å². The lowest BCUT2D eigenvalue weighted by atomic mass is 10.1. The molecule has 0 saturated carbocycles. The Bertz CT molecular complexity index is 143. The van der Waals surface area contributed by atoms with Gasteiger partial charge in [-0.25, -0.2) is 0 Å². The number of cyclic esters (lactones) is 1. The smallest absolute Gasteiger partial charge is 0.306 e. The first-order chi connectivity index (χ1) is 5.83. The van der Waals surface area contributed by atoms with E-state index in [4.69, 9.17) is 4.74 Å². The summed E-state index contributed by atoms with van der Waals surface area (Å²) in [4.78, 5) is 11.0. The minimum atomic E-state index is 0.00797. The first-order valence-corrected chi connectivity index (χ1v) is 5.02. The third kappa shape index (κ3) is 3.24. The van der Waals surface area contributed by atoms with E-state index in [9.17, 15) is 4.79 Å². The molecule has 0 bridgehead atoms. The van der Waals surface area contributed by atoms with Crippen molar-refractivity contribution in [3.8, 4) is 0 Å². The Morgan fingerprint density at radius 2 is 2.33 bits per heavy atom. The Kier molecular flexibility index (Phi) is 4.12. The van der Waals surface area contributed by atoms with Crippen LogP contribution >= 0.6 is 0 Å². The lowest BCUT2D eigenvalue weighted by Gasteiger charge is -2.13. The van der Waals surface area contributed by atoms with Gasteiger partial charge in [0.1, 0.15) is 6.10 Å². The molecule has 12 heavy (non-hydrogen) atoms. The molecule has 1 aliphatic rings. The number of esters is 1. The number of hydrogen-bond acceptors (Lipinski definition) is 2. The molecule has 1 unspecified atom stereocenters. The molecule has 0 aromatic heterocycles. The van der Waals surface area contributed by atoms with E-state index in [1.165, 1.54) is 12.8 Å². The van der Waals surface area contributed by atoms with Crippen molar-refractivity contribution >= 4 is 5.97 Å². The summed E-state index contributed by atoms with van der Waals surface area (Å²) in [5.41, 5.74) is 0. The zero-order valence-corrected chi connectivity index (χ0v) is 7.84. The van der Waals surface area contributed by atoms with E-state index < -0.39 is 0 Å². The standard InChI is InChI=1S/C10H18O2/c1-2-3-6-9-7-4-5-8-10(11)12-9/h9H,2-8H2,1H3. The van der Waals surface area contributed by atoms with Gasteiger partial charge in [0.05, 0.1) is 0 Å². The van der Waals surface area contributed by atoms with Crippen LogP contribution in [0.4, 0.5) is 0 Å². The average Bonchev–Trinajstić information content (AvgIpc) is 2.26. The van der Waals surface area contributed by atoms with Crippen LogP contribution in [0, 0.1) is 0 Å². The predicted molar refractivity (Wildman–Crippen MR) is 47.9 cm³/mol. The Balaban J connectivity index is 2.26. The number of carbonyl (C=O) groups is 1. The summed E-state index contributed by atoms with van der Waals surface area (Å²) in [5.74, 6) is 0.00797. The van der Waals surface area contributed by atoms with E-state index in [0.717, 1.165) is 25.7 Å². The molecule has 1 fully saturated rings. The topological polar surface area (TPSA) is 26.3 Å². The van der Waals surface area contributed by atoms with E-state index in [1.807, 2.05) is 0 Å². The van der Waals surface area contributed by atoms with Gasteiger partial charge in [-0.3, -0.25) is 4.79 Å². The maximum Gasteiger partial charge on any atom is 0.306 e. The largest absolute Gasteiger partial charge is 0.462 e. The van der Waals surface area contributed by atoms with Crippen molar-refractivity contribution in [1.82, 2.24) is 0 Å². The van der Waals surface area contributed by atoms with Crippen molar-refractivity contribution in [2.45, 2.75) is 58.0 Å². The van der Waals surface area contributed by atoms with Crippen LogP contribution < -0.4 is 0 Å². The molecule has 0 N–H and O–H groups in total. The minimum Gasteiger partial charge on any atom is -0.462 e. The van der Waals surface area contributed by atoms with Crippen molar-refractivity contribution in [1.29, 1.82) is 0 Å². The second-order valence-corrected chi connectivity index (χ2v) is 3.50. The molecule has 2 nitrogen and oxygen atoms in total. The average molecular weight is 170 g/mol. The summed E-state index contributed by atoms with van der Waals surface area (Å²) in [6.45, 7) is 2.17. The molecular formula is C10H18O2. The predicted octanol–water partition coefficient (Wildman–Crippen LogP) is 2.66. The molecule has 1 saturated heterocycles. The zero-order valence-electron chi connectivity index (χ0n) is 7.84. The Morgan fingerprint density at radius 1 is 1.50 bits per heavy atom. The highest BCUT2D eigenvalue weighted by Gasteiger charge is 2.17. The highest BCUT2D eigenvalue weighted by Crippen LogP contribution is 2.18. The quantitative estimate of drug-likeness (QED) is 0.609. The van der Waals surface area contributed by atoms with E-state index in [0.29, 0.717) is 6.42 Å². The first-order valence-electron chi connectivity index (χ1n) is 5.02. The van der Waals surface area contributed by atoms with Crippen molar-refractivity contribution in [2.24, 2.45) is 0 Å². The molecular weight excluding hydrogens is 152 g/mol. The van der Waals surface area contributed by atoms with Gasteiger partial charge < -0.3 is 4.74 Å². The van der Waals surface area contributed by atoms with Crippen molar-refractivity contribution in [3.05, 3.63) is 0 Å². The summed E-state index contributed by atoms with van der Waals surface area (Å²) < 4.78 is 5.27. The van der Waals surface area contributed by atoms with Crippen LogP contribution in [0.2, 0.25) is 0 Å². The van der Waals surface area contributed by atoms with Gasteiger partial charge in [0, 0.05) is 6.42 Å². The van der Waals surface area contributed by atoms with Crippen LogP contribution in [-0.2, 0) is 9.53 Å². The maximum absolute atomic E-state index is 11.0. The fourth-order valence-corrected chi connectivity index (χ4v) is 1.58. The molecule has 0 aromatic rings. The second kappa shape index (κ2) is 5.18. The highest BCUT2D eigenvalue weighted by atomic mass is 16.5. The van der Waals surface area contributed by atoms with E-state index in [2.05, 4.69) is 6.92 Å². The van der Waals surface area contributed by atoms with Gasteiger partial charge >= 0.3 is 5.97 Å². The van der Waals surface area contributed by atoms with Crippen LogP contribution in [0.3, 0.4) is 0 Å². The molecule has 0 radical (unpaired) electrons. The van der Waals surface area contributed by atoms with Crippen molar-refractivity contribution < 1.29 is 9.53 Å². The van der Waals surface area contributed by atoms with Gasteiger partial charge in [-0.05, 0) is 25.7 Å². The molecule has 0 amide bonds. The zero-order chi connectivity index (χ0) is 8.81. The molecule has 0 aliphatic carbocycles. The fourth-order valence-electron chi connectivity index (χ4n) is 1.58. The number of rotatable bonds is 3. The summed E-state index contributed by atoms with van der Waals surface area (Å²) in [6, 6.07) is 0. The Labute approximate surface area is 74.3 Å². The molecule has 1 aliphatic heterocycles. The number of unbranched alkanes of at least 4 members (excludes halogenated alkanes) is 1. The van der Waals surface area contributed by atoms with Crippen LogP contribution in [0.15, 0.2) is 0 Å². The third-order valence-corrected chi connectivity index (χ3v) is 2.33. The molecule has 2 heteroatoms. The number of carbonyl (C=O) groups excluding carboxylic acids is 1.